The lowest BCUT2D eigenvalue weighted by atomic mass is 10.1. The highest BCUT2D eigenvalue weighted by atomic mass is 79.9. The highest BCUT2D eigenvalue weighted by Crippen LogP contribution is 2.31. The molecule has 0 bridgehead atoms. The third-order valence-corrected chi connectivity index (χ3v) is 5.78. The number of hydrogen-bond donors (Lipinski definition) is 0. The summed E-state index contributed by atoms with van der Waals surface area (Å²) in [6.45, 7) is 13.3. The largest absolute Gasteiger partial charge is 0.295 e. The summed E-state index contributed by atoms with van der Waals surface area (Å²) < 4.78 is 3.74. The maximum absolute atomic E-state index is 4.69. The van der Waals surface area contributed by atoms with E-state index in [1.165, 1.54) is 28.2 Å². The Balaban J connectivity index is 2.16. The summed E-state index contributed by atoms with van der Waals surface area (Å²) in [6.07, 6.45) is 0.988. The van der Waals surface area contributed by atoms with E-state index in [9.17, 15) is 0 Å². The molecule has 1 aliphatic heterocycles. The Hall–Kier alpha value is -0.000000000000000111. The number of nitrogens with zero attached hydrogens (tertiary/aromatic N) is 3. The molecule has 0 saturated carbocycles. The van der Waals surface area contributed by atoms with Crippen molar-refractivity contribution in [3.8, 4) is 0 Å². The van der Waals surface area contributed by atoms with Crippen molar-refractivity contribution in [1.82, 2.24) is 14.7 Å². The number of halogens is 1. The second-order valence-electron chi connectivity index (χ2n) is 5.70. The molecule has 1 saturated heterocycles. The number of hydrogen-bond acceptors (Lipinski definition) is 3. The van der Waals surface area contributed by atoms with Crippen LogP contribution >= 0.6 is 27.7 Å². The van der Waals surface area contributed by atoms with Gasteiger partial charge >= 0.3 is 0 Å². The molecule has 0 spiro atoms. The highest BCUT2D eigenvalue weighted by Gasteiger charge is 2.28. The molecule has 0 amide bonds. The lowest BCUT2D eigenvalue weighted by Gasteiger charge is -2.37. The molecular weight excluding hydrogens is 322 g/mol. The van der Waals surface area contributed by atoms with E-state index in [2.05, 4.69) is 70.1 Å². The van der Waals surface area contributed by atoms with Crippen LogP contribution in [0, 0.1) is 0 Å². The van der Waals surface area contributed by atoms with Gasteiger partial charge in [0.05, 0.1) is 15.9 Å². The van der Waals surface area contributed by atoms with Crippen molar-refractivity contribution < 1.29 is 0 Å². The van der Waals surface area contributed by atoms with Crippen molar-refractivity contribution in [2.24, 2.45) is 0 Å². The monoisotopic (exact) mass is 345 g/mol. The normalized spacial score (nSPS) is 19.8. The standard InChI is InChI=1S/C14H24BrN3S/c1-5-11-13(15)12(18(6-2)16-11)9-17-7-8-19-14(3,4)10-17/h5-10H2,1-4H3. The molecule has 1 aliphatic rings. The van der Waals surface area contributed by atoms with E-state index in [0.717, 1.165) is 26.1 Å². The quantitative estimate of drug-likeness (QED) is 0.832. The molecule has 19 heavy (non-hydrogen) atoms. The van der Waals surface area contributed by atoms with E-state index in [1.54, 1.807) is 0 Å². The Morgan fingerprint density at radius 3 is 2.68 bits per heavy atom. The van der Waals surface area contributed by atoms with E-state index < -0.39 is 0 Å². The van der Waals surface area contributed by atoms with E-state index >= 15 is 0 Å². The summed E-state index contributed by atoms with van der Waals surface area (Å²) in [4.78, 5) is 2.56. The molecule has 0 N–H and O–H groups in total. The van der Waals surface area contributed by atoms with Gasteiger partial charge < -0.3 is 0 Å². The molecule has 0 aliphatic carbocycles. The van der Waals surface area contributed by atoms with Crippen molar-refractivity contribution in [2.75, 3.05) is 18.8 Å². The Kier molecular flexibility index (Phi) is 5.01. The van der Waals surface area contributed by atoms with E-state index in [0.29, 0.717) is 4.75 Å². The van der Waals surface area contributed by atoms with Crippen LogP contribution < -0.4 is 0 Å². The van der Waals surface area contributed by atoms with Gasteiger partial charge in [-0.3, -0.25) is 9.58 Å². The summed E-state index contributed by atoms with van der Waals surface area (Å²) >= 11 is 5.83. The smallest absolute Gasteiger partial charge is 0.0767 e. The molecule has 0 aromatic carbocycles. The minimum absolute atomic E-state index is 0.370. The van der Waals surface area contributed by atoms with Gasteiger partial charge in [-0.1, -0.05) is 6.92 Å². The van der Waals surface area contributed by atoms with E-state index in [1.807, 2.05) is 0 Å². The topological polar surface area (TPSA) is 21.1 Å². The number of aromatic nitrogens is 2. The molecule has 1 aromatic heterocycles. The molecule has 5 heteroatoms. The van der Waals surface area contributed by atoms with Crippen LogP contribution in [-0.4, -0.2) is 38.3 Å². The van der Waals surface area contributed by atoms with Crippen molar-refractivity contribution in [3.63, 3.8) is 0 Å². The van der Waals surface area contributed by atoms with Gasteiger partial charge in [0.2, 0.25) is 0 Å². The van der Waals surface area contributed by atoms with Crippen LogP contribution in [0.4, 0.5) is 0 Å². The first-order valence-corrected chi connectivity index (χ1v) is 8.85. The Morgan fingerprint density at radius 1 is 1.37 bits per heavy atom. The zero-order valence-electron chi connectivity index (χ0n) is 12.4. The van der Waals surface area contributed by atoms with Crippen LogP contribution in [0.15, 0.2) is 4.47 Å². The van der Waals surface area contributed by atoms with Gasteiger partial charge in [-0.25, -0.2) is 0 Å². The first-order valence-electron chi connectivity index (χ1n) is 7.07. The molecule has 2 rings (SSSR count). The average Bonchev–Trinajstić information content (AvgIpc) is 2.65. The molecule has 2 heterocycles. The lowest BCUT2D eigenvalue weighted by molar-refractivity contribution is 0.244. The second-order valence-corrected chi connectivity index (χ2v) is 8.29. The predicted octanol–water partition coefficient (Wildman–Crippen LogP) is 3.56. The van der Waals surface area contributed by atoms with Gasteiger partial charge in [-0.15, -0.1) is 0 Å². The van der Waals surface area contributed by atoms with Gasteiger partial charge in [0.25, 0.3) is 0 Å². The van der Waals surface area contributed by atoms with Crippen LogP contribution in [0.3, 0.4) is 0 Å². The minimum atomic E-state index is 0.370. The zero-order valence-corrected chi connectivity index (χ0v) is 14.8. The molecule has 108 valence electrons. The molecular formula is C14H24BrN3S. The predicted molar refractivity (Wildman–Crippen MR) is 86.8 cm³/mol. The summed E-state index contributed by atoms with van der Waals surface area (Å²) in [6, 6.07) is 0. The van der Waals surface area contributed by atoms with Gasteiger partial charge in [0, 0.05) is 36.7 Å². The van der Waals surface area contributed by atoms with Crippen molar-refractivity contribution in [3.05, 3.63) is 15.9 Å². The highest BCUT2D eigenvalue weighted by molar-refractivity contribution is 9.10. The van der Waals surface area contributed by atoms with Crippen molar-refractivity contribution in [1.29, 1.82) is 0 Å². The lowest BCUT2D eigenvalue weighted by Crippen LogP contribution is -2.42. The fraction of sp³-hybridized carbons (Fsp3) is 0.786. The number of rotatable bonds is 4. The van der Waals surface area contributed by atoms with Crippen molar-refractivity contribution >= 4 is 27.7 Å². The number of aryl methyl sites for hydroxylation is 2. The van der Waals surface area contributed by atoms with E-state index in [-0.39, 0.29) is 0 Å². The Bertz CT molecular complexity index is 442. The van der Waals surface area contributed by atoms with Gasteiger partial charge in [0.15, 0.2) is 0 Å². The average molecular weight is 346 g/mol. The Labute approximate surface area is 129 Å². The van der Waals surface area contributed by atoms with Crippen LogP contribution in [0.2, 0.25) is 0 Å². The van der Waals surface area contributed by atoms with E-state index in [4.69, 9.17) is 0 Å². The maximum atomic E-state index is 4.69. The van der Waals surface area contributed by atoms with Gasteiger partial charge in [-0.2, -0.15) is 16.9 Å². The molecule has 1 fully saturated rings. The summed E-state index contributed by atoms with van der Waals surface area (Å²) in [7, 11) is 0. The second kappa shape index (κ2) is 6.19. The molecule has 0 atom stereocenters. The first-order chi connectivity index (χ1) is 8.96. The third-order valence-electron chi connectivity index (χ3n) is 3.57. The van der Waals surface area contributed by atoms with Crippen LogP contribution in [0.1, 0.15) is 39.1 Å². The summed E-state index contributed by atoms with van der Waals surface area (Å²) in [5.41, 5.74) is 2.52. The van der Waals surface area contributed by atoms with Crippen LogP contribution in [0.5, 0.6) is 0 Å². The fourth-order valence-electron chi connectivity index (χ4n) is 2.63. The van der Waals surface area contributed by atoms with Gasteiger partial charge in [-0.05, 0) is 43.1 Å². The van der Waals surface area contributed by atoms with Gasteiger partial charge in [0.1, 0.15) is 0 Å². The molecule has 0 unspecified atom stereocenters. The molecule has 1 aromatic rings. The minimum Gasteiger partial charge on any atom is -0.295 e. The molecule has 0 radical (unpaired) electrons. The van der Waals surface area contributed by atoms with Crippen LogP contribution in [0.25, 0.3) is 0 Å². The van der Waals surface area contributed by atoms with Crippen molar-refractivity contribution in [2.45, 2.75) is 52.0 Å². The SMILES string of the molecule is CCc1nn(CC)c(CN2CCSC(C)(C)C2)c1Br. The summed E-state index contributed by atoms with van der Waals surface area (Å²) in [5.74, 6) is 1.23. The third kappa shape index (κ3) is 3.56. The Morgan fingerprint density at radius 2 is 2.11 bits per heavy atom. The maximum Gasteiger partial charge on any atom is 0.0767 e. The zero-order chi connectivity index (χ0) is 14.0. The number of thioether (sulfide) groups is 1. The van der Waals surface area contributed by atoms with Crippen LogP contribution in [-0.2, 0) is 19.5 Å². The molecule has 3 nitrogen and oxygen atoms in total. The summed E-state index contributed by atoms with van der Waals surface area (Å²) in [5, 5.41) is 4.69. The first kappa shape index (κ1) is 15.4. The fourth-order valence-corrected chi connectivity index (χ4v) is 4.50.